The van der Waals surface area contributed by atoms with Crippen molar-refractivity contribution in [1.29, 1.82) is 0 Å². The number of aliphatic carboxylic acids is 1. The van der Waals surface area contributed by atoms with Gasteiger partial charge >= 0.3 is 12.0 Å². The van der Waals surface area contributed by atoms with Crippen molar-refractivity contribution < 1.29 is 14.7 Å². The topological polar surface area (TPSA) is 87.5 Å². The molecular formula is C13H22N4O3. The molecule has 0 aliphatic carbocycles. The molecule has 0 aromatic carbocycles. The molecule has 0 fully saturated rings. The van der Waals surface area contributed by atoms with Crippen LogP contribution in [0, 0.1) is 12.8 Å². The zero-order valence-corrected chi connectivity index (χ0v) is 12.4. The Balaban J connectivity index is 2.61. The first kappa shape index (κ1) is 16.0. The van der Waals surface area contributed by atoms with Crippen molar-refractivity contribution in [2.75, 3.05) is 13.1 Å². The number of carbonyl (C=O) groups is 2. The number of rotatable bonds is 6. The van der Waals surface area contributed by atoms with Gasteiger partial charge < -0.3 is 15.3 Å². The summed E-state index contributed by atoms with van der Waals surface area (Å²) in [6, 6.07) is -0.371. The lowest BCUT2D eigenvalue weighted by Crippen LogP contribution is -2.44. The summed E-state index contributed by atoms with van der Waals surface area (Å²) in [5.74, 6) is -0.807. The minimum atomic E-state index is -1.02. The fraction of sp³-hybridized carbons (Fsp3) is 0.615. The van der Waals surface area contributed by atoms with E-state index in [9.17, 15) is 9.59 Å². The number of aromatic nitrogens is 2. The summed E-state index contributed by atoms with van der Waals surface area (Å²) in [7, 11) is 1.83. The maximum Gasteiger partial charge on any atom is 0.323 e. The van der Waals surface area contributed by atoms with Crippen molar-refractivity contribution >= 4 is 12.0 Å². The highest BCUT2D eigenvalue weighted by molar-refractivity contribution is 5.80. The van der Waals surface area contributed by atoms with E-state index in [2.05, 4.69) is 10.4 Å². The third kappa shape index (κ3) is 4.56. The van der Waals surface area contributed by atoms with E-state index in [0.29, 0.717) is 13.1 Å². The number of urea groups is 1. The van der Waals surface area contributed by atoms with Crippen LogP contribution in [0.15, 0.2) is 6.20 Å². The molecule has 0 aliphatic heterocycles. The minimum Gasteiger partial charge on any atom is -0.480 e. The highest BCUT2D eigenvalue weighted by Gasteiger charge is 2.18. The Morgan fingerprint density at radius 3 is 2.60 bits per heavy atom. The molecule has 7 heteroatoms. The Hall–Kier alpha value is -2.05. The normalized spacial score (nSPS) is 10.7. The van der Waals surface area contributed by atoms with Gasteiger partial charge in [0, 0.05) is 31.4 Å². The van der Waals surface area contributed by atoms with Crippen LogP contribution < -0.4 is 5.32 Å². The zero-order valence-electron chi connectivity index (χ0n) is 12.4. The van der Waals surface area contributed by atoms with E-state index in [0.717, 1.165) is 11.3 Å². The number of carbonyl (C=O) groups excluding carboxylic acids is 1. The van der Waals surface area contributed by atoms with E-state index in [1.54, 1.807) is 10.9 Å². The fourth-order valence-corrected chi connectivity index (χ4v) is 1.82. The van der Waals surface area contributed by atoms with E-state index in [1.165, 1.54) is 4.90 Å². The van der Waals surface area contributed by atoms with Gasteiger partial charge in [-0.3, -0.25) is 9.48 Å². The van der Waals surface area contributed by atoms with Crippen LogP contribution >= 0.6 is 0 Å². The molecule has 0 atom stereocenters. The third-order valence-electron chi connectivity index (χ3n) is 2.97. The summed E-state index contributed by atoms with van der Waals surface area (Å²) in [6.45, 7) is 6.24. The second kappa shape index (κ2) is 6.93. The summed E-state index contributed by atoms with van der Waals surface area (Å²) in [5, 5.41) is 15.7. The van der Waals surface area contributed by atoms with Crippen LogP contribution in [-0.2, 0) is 18.4 Å². The van der Waals surface area contributed by atoms with Gasteiger partial charge in [0.2, 0.25) is 0 Å². The summed E-state index contributed by atoms with van der Waals surface area (Å²) in [5.41, 5.74) is 1.89. The van der Waals surface area contributed by atoms with Crippen LogP contribution in [0.4, 0.5) is 4.79 Å². The van der Waals surface area contributed by atoms with Crippen LogP contribution in [0.25, 0.3) is 0 Å². The van der Waals surface area contributed by atoms with Gasteiger partial charge in [-0.25, -0.2) is 4.79 Å². The first-order chi connectivity index (χ1) is 9.31. The molecule has 1 aromatic heterocycles. The van der Waals surface area contributed by atoms with Crippen LogP contribution in [0.2, 0.25) is 0 Å². The quantitative estimate of drug-likeness (QED) is 0.814. The lowest BCUT2D eigenvalue weighted by Gasteiger charge is -2.23. The largest absolute Gasteiger partial charge is 0.480 e. The summed E-state index contributed by atoms with van der Waals surface area (Å²) in [4.78, 5) is 24.1. The number of aryl methyl sites for hydroxylation is 1. The molecule has 20 heavy (non-hydrogen) atoms. The molecule has 0 aliphatic rings. The first-order valence-corrected chi connectivity index (χ1v) is 6.53. The van der Waals surface area contributed by atoms with Crippen molar-refractivity contribution in [3.05, 3.63) is 17.5 Å². The number of carboxylic acid groups (broad SMARTS) is 1. The van der Waals surface area contributed by atoms with E-state index in [1.807, 2.05) is 27.8 Å². The predicted molar refractivity (Wildman–Crippen MR) is 74.2 cm³/mol. The summed E-state index contributed by atoms with van der Waals surface area (Å²) in [6.07, 6.45) is 1.69. The van der Waals surface area contributed by atoms with Crippen molar-refractivity contribution in [2.45, 2.75) is 27.3 Å². The summed E-state index contributed by atoms with van der Waals surface area (Å²) < 4.78 is 1.73. The molecule has 1 aromatic rings. The minimum absolute atomic E-state index is 0.209. The summed E-state index contributed by atoms with van der Waals surface area (Å²) >= 11 is 0. The molecule has 0 saturated carbocycles. The van der Waals surface area contributed by atoms with E-state index < -0.39 is 5.97 Å². The van der Waals surface area contributed by atoms with Gasteiger partial charge in [-0.05, 0) is 12.8 Å². The number of nitrogens with zero attached hydrogens (tertiary/aromatic N) is 3. The molecule has 0 saturated heterocycles. The van der Waals surface area contributed by atoms with Crippen LogP contribution in [-0.4, -0.2) is 44.9 Å². The Kier molecular flexibility index (Phi) is 5.54. The highest BCUT2D eigenvalue weighted by atomic mass is 16.4. The van der Waals surface area contributed by atoms with Crippen molar-refractivity contribution in [3.63, 3.8) is 0 Å². The van der Waals surface area contributed by atoms with E-state index in [4.69, 9.17) is 5.11 Å². The van der Waals surface area contributed by atoms with Crippen LogP contribution in [0.3, 0.4) is 0 Å². The molecule has 0 radical (unpaired) electrons. The average Bonchev–Trinajstić information content (AvgIpc) is 2.65. The lowest BCUT2D eigenvalue weighted by atomic mass is 10.2. The van der Waals surface area contributed by atoms with E-state index >= 15 is 0 Å². The molecule has 0 bridgehead atoms. The standard InChI is InChI=1S/C13H22N4O3/c1-9(2)7-17(8-12(18)19)13(20)14-5-11-6-15-16(4)10(11)3/h6,9H,5,7-8H2,1-4H3,(H,14,20)(H,18,19). The molecule has 2 amide bonds. The third-order valence-corrected chi connectivity index (χ3v) is 2.97. The number of hydrogen-bond acceptors (Lipinski definition) is 3. The van der Waals surface area contributed by atoms with Gasteiger partial charge in [0.25, 0.3) is 0 Å². The Morgan fingerprint density at radius 1 is 1.50 bits per heavy atom. The number of hydrogen-bond donors (Lipinski definition) is 2. The second-order valence-electron chi connectivity index (χ2n) is 5.21. The van der Waals surface area contributed by atoms with Gasteiger partial charge in [0.15, 0.2) is 0 Å². The van der Waals surface area contributed by atoms with Gasteiger partial charge in [-0.1, -0.05) is 13.8 Å². The Bertz CT molecular complexity index is 482. The lowest BCUT2D eigenvalue weighted by molar-refractivity contribution is -0.137. The molecule has 2 N–H and O–H groups in total. The molecule has 112 valence electrons. The van der Waals surface area contributed by atoms with Gasteiger partial charge in [0.1, 0.15) is 6.54 Å². The molecule has 1 rings (SSSR count). The monoisotopic (exact) mass is 282 g/mol. The Morgan fingerprint density at radius 2 is 2.15 bits per heavy atom. The first-order valence-electron chi connectivity index (χ1n) is 6.53. The number of carboxylic acids is 1. The predicted octanol–water partition coefficient (Wildman–Crippen LogP) is 0.981. The number of amides is 2. The van der Waals surface area contributed by atoms with Gasteiger partial charge in [-0.2, -0.15) is 5.10 Å². The van der Waals surface area contributed by atoms with Crippen molar-refractivity contribution in [1.82, 2.24) is 20.0 Å². The van der Waals surface area contributed by atoms with E-state index in [-0.39, 0.29) is 18.5 Å². The maximum atomic E-state index is 12.0. The zero-order chi connectivity index (χ0) is 15.3. The molecule has 0 spiro atoms. The van der Waals surface area contributed by atoms with Crippen LogP contribution in [0.1, 0.15) is 25.1 Å². The smallest absolute Gasteiger partial charge is 0.323 e. The molecular weight excluding hydrogens is 260 g/mol. The molecule has 0 unspecified atom stereocenters. The number of nitrogens with one attached hydrogen (secondary N) is 1. The fourth-order valence-electron chi connectivity index (χ4n) is 1.82. The van der Waals surface area contributed by atoms with Gasteiger partial charge in [-0.15, -0.1) is 0 Å². The Labute approximate surface area is 118 Å². The van der Waals surface area contributed by atoms with Crippen LogP contribution in [0.5, 0.6) is 0 Å². The molecule has 7 nitrogen and oxygen atoms in total. The maximum absolute atomic E-state index is 12.0. The van der Waals surface area contributed by atoms with Crippen molar-refractivity contribution in [3.8, 4) is 0 Å². The van der Waals surface area contributed by atoms with Crippen molar-refractivity contribution in [2.24, 2.45) is 13.0 Å². The SMILES string of the molecule is Cc1c(CNC(=O)N(CC(=O)O)CC(C)C)cnn1C. The molecule has 1 heterocycles. The van der Waals surface area contributed by atoms with Gasteiger partial charge in [0.05, 0.1) is 6.20 Å². The average molecular weight is 282 g/mol. The second-order valence-corrected chi connectivity index (χ2v) is 5.21. The highest BCUT2D eigenvalue weighted by Crippen LogP contribution is 2.05.